The molecular formula is C18H15BrO3. The summed E-state index contributed by atoms with van der Waals surface area (Å²) in [6.07, 6.45) is 3.76. The Labute approximate surface area is 137 Å². The van der Waals surface area contributed by atoms with Gasteiger partial charge in [-0.2, -0.15) is 0 Å². The van der Waals surface area contributed by atoms with E-state index >= 15 is 0 Å². The highest BCUT2D eigenvalue weighted by Crippen LogP contribution is 2.40. The number of benzene rings is 1. The van der Waals surface area contributed by atoms with E-state index in [1.54, 1.807) is 18.4 Å². The van der Waals surface area contributed by atoms with Crippen molar-refractivity contribution in [1.82, 2.24) is 0 Å². The molecule has 0 bridgehead atoms. The first-order valence-corrected chi connectivity index (χ1v) is 7.90. The van der Waals surface area contributed by atoms with Crippen LogP contribution in [0.1, 0.15) is 30.6 Å². The van der Waals surface area contributed by atoms with Gasteiger partial charge in [-0.05, 0) is 54.8 Å². The van der Waals surface area contributed by atoms with Crippen molar-refractivity contribution >= 4 is 33.1 Å². The van der Waals surface area contributed by atoms with Crippen molar-refractivity contribution in [1.29, 1.82) is 0 Å². The van der Waals surface area contributed by atoms with Crippen molar-refractivity contribution < 1.29 is 14.0 Å². The van der Waals surface area contributed by atoms with Gasteiger partial charge in [-0.1, -0.05) is 28.1 Å². The standard InChI is InChI=1S/C18H15BrO3/c1-11(20)18-15(12-4-2-5-14(19)8-12)9-13(10-16(18)21)17-6-3-7-22-17/h2-8,10,15,18H,9H2,1H3/t15-,18-/m1/s1. The number of halogens is 1. The highest BCUT2D eigenvalue weighted by molar-refractivity contribution is 9.10. The average Bonchev–Trinajstić information content (AvgIpc) is 3.00. The zero-order valence-corrected chi connectivity index (χ0v) is 13.7. The summed E-state index contributed by atoms with van der Waals surface area (Å²) in [5.41, 5.74) is 1.83. The van der Waals surface area contributed by atoms with Gasteiger partial charge in [0.15, 0.2) is 5.78 Å². The van der Waals surface area contributed by atoms with Gasteiger partial charge in [0.1, 0.15) is 11.5 Å². The van der Waals surface area contributed by atoms with Crippen molar-refractivity contribution in [2.45, 2.75) is 19.3 Å². The Morgan fingerprint density at radius 3 is 2.73 bits per heavy atom. The van der Waals surface area contributed by atoms with Gasteiger partial charge in [-0.25, -0.2) is 0 Å². The molecule has 1 aromatic carbocycles. The monoisotopic (exact) mass is 358 g/mol. The highest BCUT2D eigenvalue weighted by atomic mass is 79.9. The maximum Gasteiger partial charge on any atom is 0.167 e. The molecular weight excluding hydrogens is 344 g/mol. The molecule has 1 heterocycles. The Balaban J connectivity index is 2.04. The lowest BCUT2D eigenvalue weighted by Gasteiger charge is -2.28. The Morgan fingerprint density at radius 1 is 1.27 bits per heavy atom. The van der Waals surface area contributed by atoms with Gasteiger partial charge in [0.25, 0.3) is 0 Å². The molecule has 0 amide bonds. The third kappa shape index (κ3) is 2.83. The summed E-state index contributed by atoms with van der Waals surface area (Å²) in [4.78, 5) is 24.4. The molecule has 0 spiro atoms. The molecule has 0 saturated carbocycles. The minimum atomic E-state index is -0.618. The van der Waals surface area contributed by atoms with Crippen LogP contribution in [0.15, 0.2) is 57.6 Å². The second-order valence-corrected chi connectivity index (χ2v) is 6.42. The van der Waals surface area contributed by atoms with E-state index in [0.29, 0.717) is 12.2 Å². The molecule has 0 aliphatic heterocycles. The summed E-state index contributed by atoms with van der Waals surface area (Å²) >= 11 is 3.45. The number of hydrogen-bond donors (Lipinski definition) is 0. The lowest BCUT2D eigenvalue weighted by atomic mass is 9.73. The quantitative estimate of drug-likeness (QED) is 0.764. The molecule has 3 nitrogen and oxygen atoms in total. The summed E-state index contributed by atoms with van der Waals surface area (Å²) in [6.45, 7) is 1.49. The Morgan fingerprint density at radius 2 is 2.09 bits per heavy atom. The highest BCUT2D eigenvalue weighted by Gasteiger charge is 2.37. The topological polar surface area (TPSA) is 47.3 Å². The van der Waals surface area contributed by atoms with Crippen molar-refractivity contribution in [2.24, 2.45) is 5.92 Å². The molecule has 2 aromatic rings. The minimum absolute atomic E-state index is 0.0929. The molecule has 0 radical (unpaired) electrons. The van der Waals surface area contributed by atoms with Crippen LogP contribution in [0.5, 0.6) is 0 Å². The fourth-order valence-electron chi connectivity index (χ4n) is 3.04. The molecule has 3 rings (SSSR count). The molecule has 0 N–H and O–H groups in total. The number of rotatable bonds is 3. The van der Waals surface area contributed by atoms with E-state index in [0.717, 1.165) is 15.6 Å². The van der Waals surface area contributed by atoms with Crippen LogP contribution in [0.3, 0.4) is 0 Å². The number of ketones is 2. The molecule has 22 heavy (non-hydrogen) atoms. The first-order valence-electron chi connectivity index (χ1n) is 7.10. The van der Waals surface area contributed by atoms with Crippen LogP contribution in [-0.2, 0) is 9.59 Å². The van der Waals surface area contributed by atoms with Crippen molar-refractivity contribution in [3.05, 3.63) is 64.5 Å². The summed E-state index contributed by atoms with van der Waals surface area (Å²) in [7, 11) is 0. The smallest absolute Gasteiger partial charge is 0.167 e. The number of allylic oxidation sites excluding steroid dienone is 2. The number of Topliss-reactive ketones (excluding diaryl/α,β-unsaturated/α-hetero) is 1. The Hall–Kier alpha value is -1.94. The Bertz CT molecular complexity index is 743. The predicted octanol–water partition coefficient (Wildman–Crippen LogP) is 4.39. The molecule has 1 aliphatic rings. The third-order valence-corrected chi connectivity index (χ3v) is 4.51. The van der Waals surface area contributed by atoms with Crippen molar-refractivity contribution in [2.75, 3.05) is 0 Å². The van der Waals surface area contributed by atoms with Crippen LogP contribution in [0, 0.1) is 5.92 Å². The normalized spacial score (nSPS) is 21.5. The van der Waals surface area contributed by atoms with Crippen molar-refractivity contribution in [3.63, 3.8) is 0 Å². The van der Waals surface area contributed by atoms with Gasteiger partial charge >= 0.3 is 0 Å². The van der Waals surface area contributed by atoms with Crippen LogP contribution < -0.4 is 0 Å². The summed E-state index contributed by atoms with van der Waals surface area (Å²) in [6, 6.07) is 11.4. The number of hydrogen-bond acceptors (Lipinski definition) is 3. The van der Waals surface area contributed by atoms with Crippen LogP contribution in [0.2, 0.25) is 0 Å². The zero-order valence-electron chi connectivity index (χ0n) is 12.1. The average molecular weight is 359 g/mol. The molecule has 0 saturated heterocycles. The van der Waals surface area contributed by atoms with Gasteiger partial charge in [0.05, 0.1) is 12.2 Å². The molecule has 1 aliphatic carbocycles. The second-order valence-electron chi connectivity index (χ2n) is 5.50. The summed E-state index contributed by atoms with van der Waals surface area (Å²) in [5, 5.41) is 0. The number of carbonyl (C=O) groups is 2. The van der Waals surface area contributed by atoms with Gasteiger partial charge < -0.3 is 4.42 Å². The molecule has 1 aromatic heterocycles. The van der Waals surface area contributed by atoms with E-state index in [1.165, 1.54) is 6.92 Å². The van der Waals surface area contributed by atoms with Gasteiger partial charge in [0, 0.05) is 10.4 Å². The lowest BCUT2D eigenvalue weighted by Crippen LogP contribution is -2.31. The molecule has 0 unspecified atom stereocenters. The number of carbonyl (C=O) groups excluding carboxylic acids is 2. The van der Waals surface area contributed by atoms with Crippen LogP contribution in [-0.4, -0.2) is 11.6 Å². The predicted molar refractivity (Wildman–Crippen MR) is 87.4 cm³/mol. The van der Waals surface area contributed by atoms with Crippen LogP contribution in [0.4, 0.5) is 0 Å². The first-order chi connectivity index (χ1) is 10.6. The second kappa shape index (κ2) is 6.05. The van der Waals surface area contributed by atoms with Gasteiger partial charge in [-0.15, -0.1) is 0 Å². The third-order valence-electron chi connectivity index (χ3n) is 4.02. The maximum absolute atomic E-state index is 12.5. The van der Waals surface area contributed by atoms with E-state index in [-0.39, 0.29) is 17.5 Å². The van der Waals surface area contributed by atoms with Crippen LogP contribution >= 0.6 is 15.9 Å². The minimum Gasteiger partial charge on any atom is -0.465 e. The molecule has 0 fully saturated rings. The number of furan rings is 1. The first kappa shape index (κ1) is 15.0. The van der Waals surface area contributed by atoms with Gasteiger partial charge in [0.2, 0.25) is 0 Å². The van der Waals surface area contributed by atoms with Crippen molar-refractivity contribution in [3.8, 4) is 0 Å². The van der Waals surface area contributed by atoms with E-state index < -0.39 is 5.92 Å². The van der Waals surface area contributed by atoms with Gasteiger partial charge in [-0.3, -0.25) is 9.59 Å². The van der Waals surface area contributed by atoms with E-state index in [9.17, 15) is 9.59 Å². The fourth-order valence-corrected chi connectivity index (χ4v) is 3.45. The van der Waals surface area contributed by atoms with E-state index in [1.807, 2.05) is 30.3 Å². The molecule has 2 atom stereocenters. The Kier molecular flexibility index (Phi) is 4.12. The zero-order chi connectivity index (χ0) is 15.7. The fraction of sp³-hybridized carbons (Fsp3) is 0.222. The molecule has 4 heteroatoms. The SMILES string of the molecule is CC(=O)[C@H]1C(=O)C=C(c2ccco2)C[C@@H]1c1cccc(Br)c1. The van der Waals surface area contributed by atoms with E-state index in [4.69, 9.17) is 4.42 Å². The molecule has 112 valence electrons. The maximum atomic E-state index is 12.5. The lowest BCUT2D eigenvalue weighted by molar-refractivity contribution is -0.130. The van der Waals surface area contributed by atoms with E-state index in [2.05, 4.69) is 15.9 Å². The summed E-state index contributed by atoms with van der Waals surface area (Å²) in [5.74, 6) is -0.323. The largest absolute Gasteiger partial charge is 0.465 e. The van der Waals surface area contributed by atoms with Crippen LogP contribution in [0.25, 0.3) is 5.57 Å². The summed E-state index contributed by atoms with van der Waals surface area (Å²) < 4.78 is 6.35.